The number of aryl methyl sites for hydroxylation is 1. The molecule has 2 aromatic carbocycles. The van der Waals surface area contributed by atoms with Crippen LogP contribution in [0.3, 0.4) is 0 Å². The Kier molecular flexibility index (Phi) is 6.93. The van der Waals surface area contributed by atoms with Crippen LogP contribution in [0, 0.1) is 5.92 Å². The van der Waals surface area contributed by atoms with Gasteiger partial charge in [0.1, 0.15) is 5.75 Å². The van der Waals surface area contributed by atoms with E-state index >= 15 is 0 Å². The van der Waals surface area contributed by atoms with E-state index in [4.69, 9.17) is 4.74 Å². The standard InChI is InChI=1S/C23H31NO/c1-25-22-16-14-19(15-17-22)9-8-18-24-23(20-10-4-2-5-11-20)21-12-6-3-7-13-21/h2,4-5,10-11,14-17,21,23-24H,3,6-9,12-13,18H2,1H3. The monoisotopic (exact) mass is 337 g/mol. The molecule has 1 fully saturated rings. The van der Waals surface area contributed by atoms with Crippen molar-refractivity contribution in [3.05, 3.63) is 65.7 Å². The first kappa shape index (κ1) is 18.0. The van der Waals surface area contributed by atoms with Gasteiger partial charge in [0.25, 0.3) is 0 Å². The van der Waals surface area contributed by atoms with Gasteiger partial charge in [-0.2, -0.15) is 0 Å². The first-order valence-electron chi connectivity index (χ1n) is 9.78. The highest BCUT2D eigenvalue weighted by Gasteiger charge is 2.24. The third kappa shape index (κ3) is 5.34. The van der Waals surface area contributed by atoms with E-state index in [1.54, 1.807) is 7.11 Å². The van der Waals surface area contributed by atoms with Crippen LogP contribution in [-0.2, 0) is 6.42 Å². The van der Waals surface area contributed by atoms with Crippen LogP contribution < -0.4 is 10.1 Å². The lowest BCUT2D eigenvalue weighted by molar-refractivity contribution is 0.271. The zero-order valence-electron chi connectivity index (χ0n) is 15.4. The van der Waals surface area contributed by atoms with E-state index in [1.807, 2.05) is 0 Å². The predicted molar refractivity (Wildman–Crippen MR) is 105 cm³/mol. The second-order valence-electron chi connectivity index (χ2n) is 7.19. The molecule has 0 saturated heterocycles. The predicted octanol–water partition coefficient (Wildman–Crippen LogP) is 5.54. The summed E-state index contributed by atoms with van der Waals surface area (Å²) in [6.45, 7) is 1.07. The number of hydrogen-bond donors (Lipinski definition) is 1. The summed E-state index contributed by atoms with van der Waals surface area (Å²) in [5, 5.41) is 3.87. The summed E-state index contributed by atoms with van der Waals surface area (Å²) in [4.78, 5) is 0. The first-order chi connectivity index (χ1) is 12.4. The van der Waals surface area contributed by atoms with Gasteiger partial charge in [0.2, 0.25) is 0 Å². The first-order valence-corrected chi connectivity index (χ1v) is 9.78. The van der Waals surface area contributed by atoms with Gasteiger partial charge in [0, 0.05) is 6.04 Å². The molecule has 0 bridgehead atoms. The Morgan fingerprint density at radius 2 is 1.68 bits per heavy atom. The van der Waals surface area contributed by atoms with E-state index in [-0.39, 0.29) is 0 Å². The van der Waals surface area contributed by atoms with E-state index in [9.17, 15) is 0 Å². The van der Waals surface area contributed by atoms with Crippen LogP contribution in [0.2, 0.25) is 0 Å². The zero-order chi connectivity index (χ0) is 17.3. The number of nitrogens with one attached hydrogen (secondary N) is 1. The van der Waals surface area contributed by atoms with E-state index in [1.165, 1.54) is 49.7 Å². The minimum Gasteiger partial charge on any atom is -0.497 e. The number of hydrogen-bond acceptors (Lipinski definition) is 2. The molecule has 1 atom stereocenters. The fourth-order valence-corrected chi connectivity index (χ4v) is 4.03. The fraction of sp³-hybridized carbons (Fsp3) is 0.478. The topological polar surface area (TPSA) is 21.3 Å². The highest BCUT2D eigenvalue weighted by molar-refractivity contribution is 5.27. The lowest BCUT2D eigenvalue weighted by atomic mass is 9.81. The number of ether oxygens (including phenoxy) is 1. The molecular weight excluding hydrogens is 306 g/mol. The highest BCUT2D eigenvalue weighted by atomic mass is 16.5. The molecule has 1 unspecified atom stereocenters. The van der Waals surface area contributed by atoms with Crippen LogP contribution in [0.5, 0.6) is 5.75 Å². The van der Waals surface area contributed by atoms with Gasteiger partial charge >= 0.3 is 0 Å². The van der Waals surface area contributed by atoms with Crippen molar-refractivity contribution in [1.29, 1.82) is 0 Å². The van der Waals surface area contributed by atoms with Crippen LogP contribution in [0.25, 0.3) is 0 Å². The minimum absolute atomic E-state index is 0.511. The molecule has 2 heteroatoms. The second kappa shape index (κ2) is 9.62. The Hall–Kier alpha value is -1.80. The van der Waals surface area contributed by atoms with Crippen molar-refractivity contribution in [2.24, 2.45) is 5.92 Å². The molecular formula is C23H31NO. The molecule has 2 nitrogen and oxygen atoms in total. The van der Waals surface area contributed by atoms with Crippen molar-refractivity contribution in [3.8, 4) is 5.75 Å². The zero-order valence-corrected chi connectivity index (χ0v) is 15.4. The second-order valence-corrected chi connectivity index (χ2v) is 7.19. The van der Waals surface area contributed by atoms with Crippen molar-refractivity contribution in [2.75, 3.05) is 13.7 Å². The normalized spacial score (nSPS) is 16.5. The Bertz CT molecular complexity index is 602. The van der Waals surface area contributed by atoms with Crippen LogP contribution in [0.1, 0.15) is 55.7 Å². The van der Waals surface area contributed by atoms with E-state index in [0.29, 0.717) is 6.04 Å². The smallest absolute Gasteiger partial charge is 0.118 e. The lowest BCUT2D eigenvalue weighted by Gasteiger charge is -2.31. The van der Waals surface area contributed by atoms with Gasteiger partial charge in [-0.25, -0.2) is 0 Å². The molecule has 0 heterocycles. The van der Waals surface area contributed by atoms with Crippen molar-refractivity contribution in [1.82, 2.24) is 5.32 Å². The quantitative estimate of drug-likeness (QED) is 0.639. The summed E-state index contributed by atoms with van der Waals surface area (Å²) < 4.78 is 5.23. The molecule has 1 saturated carbocycles. The van der Waals surface area contributed by atoms with Crippen molar-refractivity contribution >= 4 is 0 Å². The Morgan fingerprint density at radius 3 is 2.36 bits per heavy atom. The molecule has 0 aromatic heterocycles. The molecule has 0 amide bonds. The van der Waals surface area contributed by atoms with Gasteiger partial charge in [-0.3, -0.25) is 0 Å². The Labute approximate surface area is 152 Å². The van der Waals surface area contributed by atoms with Gasteiger partial charge in [-0.15, -0.1) is 0 Å². The molecule has 0 radical (unpaired) electrons. The van der Waals surface area contributed by atoms with Crippen LogP contribution in [0.4, 0.5) is 0 Å². The van der Waals surface area contributed by atoms with Crippen molar-refractivity contribution in [2.45, 2.75) is 51.0 Å². The van der Waals surface area contributed by atoms with E-state index in [2.05, 4.69) is 59.9 Å². The average Bonchev–Trinajstić information content (AvgIpc) is 2.70. The molecule has 2 aromatic rings. The third-order valence-corrected chi connectivity index (χ3v) is 5.45. The van der Waals surface area contributed by atoms with Gasteiger partial charge in [-0.1, -0.05) is 61.7 Å². The maximum Gasteiger partial charge on any atom is 0.118 e. The number of rotatable bonds is 8. The maximum absolute atomic E-state index is 5.23. The summed E-state index contributed by atoms with van der Waals surface area (Å²) >= 11 is 0. The van der Waals surface area contributed by atoms with Gasteiger partial charge in [0.05, 0.1) is 7.11 Å². The molecule has 1 N–H and O–H groups in total. The fourth-order valence-electron chi connectivity index (χ4n) is 4.03. The van der Waals surface area contributed by atoms with Crippen LogP contribution in [-0.4, -0.2) is 13.7 Å². The van der Waals surface area contributed by atoms with E-state index < -0.39 is 0 Å². The summed E-state index contributed by atoms with van der Waals surface area (Å²) in [5.41, 5.74) is 2.84. The van der Waals surface area contributed by atoms with Gasteiger partial charge < -0.3 is 10.1 Å². The maximum atomic E-state index is 5.23. The molecule has 3 rings (SSSR count). The molecule has 0 spiro atoms. The average molecular weight is 338 g/mol. The van der Waals surface area contributed by atoms with Gasteiger partial charge in [-0.05, 0) is 61.4 Å². The van der Waals surface area contributed by atoms with E-state index in [0.717, 1.165) is 24.6 Å². The molecule has 25 heavy (non-hydrogen) atoms. The summed E-state index contributed by atoms with van der Waals surface area (Å²) in [5.74, 6) is 1.72. The molecule has 1 aliphatic carbocycles. The van der Waals surface area contributed by atoms with Gasteiger partial charge in [0.15, 0.2) is 0 Å². The summed E-state index contributed by atoms with van der Waals surface area (Å²) in [6, 6.07) is 20.0. The minimum atomic E-state index is 0.511. The van der Waals surface area contributed by atoms with Crippen molar-refractivity contribution in [3.63, 3.8) is 0 Å². The lowest BCUT2D eigenvalue weighted by Crippen LogP contribution is -2.30. The van der Waals surface area contributed by atoms with Crippen molar-refractivity contribution < 1.29 is 4.74 Å². The molecule has 1 aliphatic rings. The number of benzene rings is 2. The Morgan fingerprint density at radius 1 is 0.960 bits per heavy atom. The van der Waals surface area contributed by atoms with Crippen LogP contribution in [0.15, 0.2) is 54.6 Å². The largest absolute Gasteiger partial charge is 0.497 e. The Balaban J connectivity index is 1.53. The highest BCUT2D eigenvalue weighted by Crippen LogP contribution is 2.34. The third-order valence-electron chi connectivity index (χ3n) is 5.45. The SMILES string of the molecule is COc1ccc(CCCNC(c2ccccc2)C2CCCCC2)cc1. The summed E-state index contributed by atoms with van der Waals surface area (Å²) in [7, 11) is 1.72. The molecule has 134 valence electrons. The van der Waals surface area contributed by atoms with Crippen LogP contribution >= 0.6 is 0 Å². The summed E-state index contributed by atoms with van der Waals surface area (Å²) in [6.07, 6.45) is 9.21. The number of methoxy groups -OCH3 is 1. The molecule has 0 aliphatic heterocycles.